The lowest BCUT2D eigenvalue weighted by molar-refractivity contribution is -0.132. The smallest absolute Gasteiger partial charge is 0.308 e. The number of nitrogens with zero attached hydrogens (tertiary/aromatic N) is 4. The first-order valence-electron chi connectivity index (χ1n) is 12.0. The molecule has 5 rings (SSSR count). The van der Waals surface area contributed by atoms with Gasteiger partial charge in [0.1, 0.15) is 22.9 Å². The normalized spacial score (nSPS) is 12.7. The average Bonchev–Trinajstić information content (AvgIpc) is 3.54. The van der Waals surface area contributed by atoms with E-state index in [4.69, 9.17) is 19.4 Å². The van der Waals surface area contributed by atoms with Gasteiger partial charge < -0.3 is 14.3 Å². The molecule has 192 valence electrons. The third-order valence-electron chi connectivity index (χ3n) is 5.84. The van der Waals surface area contributed by atoms with Crippen molar-refractivity contribution in [2.24, 2.45) is 0 Å². The molecule has 0 N–H and O–H groups in total. The Morgan fingerprint density at radius 3 is 2.34 bits per heavy atom. The molecule has 1 aliphatic heterocycles. The van der Waals surface area contributed by atoms with E-state index in [9.17, 15) is 9.59 Å². The van der Waals surface area contributed by atoms with Crippen molar-refractivity contribution >= 4 is 23.3 Å². The Bertz CT molecular complexity index is 1500. The molecule has 1 amide bonds. The third kappa shape index (κ3) is 5.22. The van der Waals surface area contributed by atoms with Crippen LogP contribution in [-0.2, 0) is 21.0 Å². The number of hydrogen-bond donors (Lipinski definition) is 0. The zero-order chi connectivity index (χ0) is 26.6. The number of ether oxygens (including phenoxy) is 2. The molecule has 2 heterocycles. The van der Waals surface area contributed by atoms with Gasteiger partial charge >= 0.3 is 5.97 Å². The van der Waals surface area contributed by atoms with Gasteiger partial charge in [0.25, 0.3) is 0 Å². The van der Waals surface area contributed by atoms with Gasteiger partial charge in [-0.2, -0.15) is 10.1 Å². The first-order valence-corrected chi connectivity index (χ1v) is 12.0. The number of benzene rings is 3. The molecular weight excluding hydrogens is 484 g/mol. The zero-order valence-corrected chi connectivity index (χ0v) is 21.2. The summed E-state index contributed by atoms with van der Waals surface area (Å²) in [6.07, 6.45) is 1.62. The first kappa shape index (κ1) is 24.6. The summed E-state index contributed by atoms with van der Waals surface area (Å²) >= 11 is 0. The number of aromatic nitrogens is 2. The molecule has 0 radical (unpaired) electrons. The second-order valence-electron chi connectivity index (χ2n) is 8.60. The number of amides is 1. The Balaban J connectivity index is 1.53. The minimum absolute atomic E-state index is 0.262. The van der Waals surface area contributed by atoms with Crippen LogP contribution in [0.25, 0.3) is 17.0 Å². The van der Waals surface area contributed by atoms with Crippen LogP contribution in [0.1, 0.15) is 25.1 Å². The maximum atomic E-state index is 12.6. The third-order valence-corrected chi connectivity index (χ3v) is 5.84. The van der Waals surface area contributed by atoms with E-state index in [0.717, 1.165) is 22.6 Å². The van der Waals surface area contributed by atoms with E-state index in [0.29, 0.717) is 29.4 Å². The lowest BCUT2D eigenvalue weighted by atomic mass is 10.1. The molecule has 0 aliphatic carbocycles. The number of methoxy groups -OCH3 is 1. The van der Waals surface area contributed by atoms with Crippen molar-refractivity contribution in [1.29, 1.82) is 0 Å². The molecule has 0 spiro atoms. The van der Waals surface area contributed by atoms with Crippen molar-refractivity contribution in [3.05, 3.63) is 102 Å². The van der Waals surface area contributed by atoms with Gasteiger partial charge in [-0.3, -0.25) is 14.3 Å². The van der Waals surface area contributed by atoms with Crippen molar-refractivity contribution in [2.45, 2.75) is 20.4 Å². The predicted molar refractivity (Wildman–Crippen MR) is 142 cm³/mol. The molecule has 4 aromatic rings. The zero-order valence-electron chi connectivity index (χ0n) is 21.2. The summed E-state index contributed by atoms with van der Waals surface area (Å²) < 4.78 is 12.3. The van der Waals surface area contributed by atoms with Gasteiger partial charge in [0.15, 0.2) is 0 Å². The second kappa shape index (κ2) is 10.5. The molecule has 1 aliphatic rings. The van der Waals surface area contributed by atoms with Gasteiger partial charge in [0.05, 0.1) is 25.5 Å². The van der Waals surface area contributed by atoms with E-state index in [1.807, 2.05) is 65.3 Å². The summed E-state index contributed by atoms with van der Waals surface area (Å²) in [5.74, 6) is 0.820. The van der Waals surface area contributed by atoms with Crippen LogP contribution in [0.5, 0.6) is 11.5 Å². The Morgan fingerprint density at radius 2 is 1.66 bits per heavy atom. The quantitative estimate of drug-likeness (QED) is 0.254. The van der Waals surface area contributed by atoms with Gasteiger partial charge in [-0.1, -0.05) is 36.4 Å². The number of carbonyl (C=O) groups is 2. The molecule has 0 atom stereocenters. The van der Waals surface area contributed by atoms with Gasteiger partial charge in [-0.05, 0) is 48.0 Å². The molecule has 0 fully saturated rings. The largest absolute Gasteiger partial charge is 0.497 e. The SMILES string of the molecule is COc1ccc(-c2cc(C3=CN(C(C)=O)N(c4cccc(OC(C)=O)c4)O3)n(Cc3ccccc3)n2)cc1. The molecule has 0 saturated heterocycles. The number of carbonyl (C=O) groups excluding carboxylic acids is 2. The molecule has 9 nitrogen and oxygen atoms in total. The number of hydrazine groups is 1. The summed E-state index contributed by atoms with van der Waals surface area (Å²) in [6.45, 7) is 3.26. The fraction of sp³-hybridized carbons (Fsp3) is 0.138. The van der Waals surface area contributed by atoms with Crippen LogP contribution in [0.3, 0.4) is 0 Å². The number of hydrogen-bond acceptors (Lipinski definition) is 7. The number of anilines is 1. The lowest BCUT2D eigenvalue weighted by Gasteiger charge is -2.25. The van der Waals surface area contributed by atoms with Crippen LogP contribution < -0.4 is 14.6 Å². The molecule has 9 heteroatoms. The molecular formula is C29H26N4O5. The average molecular weight is 511 g/mol. The molecule has 0 unspecified atom stereocenters. The van der Waals surface area contributed by atoms with Gasteiger partial charge in [0, 0.05) is 25.5 Å². The molecule has 1 aromatic heterocycles. The van der Waals surface area contributed by atoms with Crippen LogP contribution in [-0.4, -0.2) is 33.8 Å². The maximum absolute atomic E-state index is 12.6. The Hall–Kier alpha value is -5.05. The predicted octanol–water partition coefficient (Wildman–Crippen LogP) is 5.05. The van der Waals surface area contributed by atoms with Crippen molar-refractivity contribution in [2.75, 3.05) is 12.3 Å². The fourth-order valence-electron chi connectivity index (χ4n) is 4.06. The topological polar surface area (TPSA) is 86.1 Å². The van der Waals surface area contributed by atoms with Crippen molar-refractivity contribution < 1.29 is 23.9 Å². The monoisotopic (exact) mass is 510 g/mol. The van der Waals surface area contributed by atoms with Gasteiger partial charge in [-0.15, -0.1) is 5.17 Å². The second-order valence-corrected chi connectivity index (χ2v) is 8.60. The van der Waals surface area contributed by atoms with Crippen LogP contribution in [0.2, 0.25) is 0 Å². The van der Waals surface area contributed by atoms with E-state index in [-0.39, 0.29) is 5.91 Å². The van der Waals surface area contributed by atoms with E-state index < -0.39 is 5.97 Å². The van der Waals surface area contributed by atoms with Crippen molar-refractivity contribution in [3.63, 3.8) is 0 Å². The van der Waals surface area contributed by atoms with Gasteiger partial charge in [0.2, 0.25) is 11.7 Å². The van der Waals surface area contributed by atoms with Crippen molar-refractivity contribution in [3.8, 4) is 22.8 Å². The Morgan fingerprint density at radius 1 is 0.895 bits per heavy atom. The fourth-order valence-corrected chi connectivity index (χ4v) is 4.06. The number of rotatable bonds is 7. The highest BCUT2D eigenvalue weighted by atomic mass is 16.7. The molecule has 0 bridgehead atoms. The summed E-state index contributed by atoms with van der Waals surface area (Å²) in [5.41, 5.74) is 3.91. The summed E-state index contributed by atoms with van der Waals surface area (Å²) in [4.78, 5) is 30.2. The minimum Gasteiger partial charge on any atom is -0.497 e. The van der Waals surface area contributed by atoms with Gasteiger partial charge in [-0.25, -0.2) is 0 Å². The van der Waals surface area contributed by atoms with Crippen LogP contribution >= 0.6 is 0 Å². The summed E-state index contributed by atoms with van der Waals surface area (Å²) in [5, 5.41) is 7.58. The molecule has 38 heavy (non-hydrogen) atoms. The van der Waals surface area contributed by atoms with Crippen molar-refractivity contribution in [1.82, 2.24) is 14.8 Å². The first-order chi connectivity index (χ1) is 18.4. The summed E-state index contributed by atoms with van der Waals surface area (Å²) in [7, 11) is 1.63. The molecule has 3 aromatic carbocycles. The van der Waals surface area contributed by atoms with Crippen LogP contribution in [0.4, 0.5) is 5.69 Å². The highest BCUT2D eigenvalue weighted by molar-refractivity contribution is 5.80. The number of esters is 1. The summed E-state index contributed by atoms with van der Waals surface area (Å²) in [6, 6.07) is 26.3. The van der Waals surface area contributed by atoms with Crippen LogP contribution in [0, 0.1) is 0 Å². The molecule has 0 saturated carbocycles. The van der Waals surface area contributed by atoms with E-state index >= 15 is 0 Å². The standard InChI is InChI=1S/C29H26N4O5/c1-20(34)32-19-29(38-33(32)24-10-7-11-26(16-24)37-21(2)35)28-17-27(23-12-14-25(36-3)15-13-23)30-31(28)18-22-8-5-4-6-9-22/h4-17,19H,18H2,1-3H3. The van der Waals surface area contributed by atoms with Crippen LogP contribution in [0.15, 0.2) is 91.1 Å². The van der Waals surface area contributed by atoms with E-state index in [1.165, 1.54) is 24.0 Å². The Kier molecular flexibility index (Phi) is 6.82. The Labute approximate surface area is 220 Å². The highest BCUT2D eigenvalue weighted by Gasteiger charge is 2.31. The van der Waals surface area contributed by atoms with E-state index in [1.54, 1.807) is 37.6 Å². The highest BCUT2D eigenvalue weighted by Crippen LogP contribution is 2.34. The minimum atomic E-state index is -0.442. The van der Waals surface area contributed by atoms with E-state index in [2.05, 4.69) is 0 Å². The lowest BCUT2D eigenvalue weighted by Crippen LogP contribution is -2.37. The maximum Gasteiger partial charge on any atom is 0.308 e.